The zero-order chi connectivity index (χ0) is 15.0. The largest absolute Gasteiger partial charge is 0.459 e. The summed E-state index contributed by atoms with van der Waals surface area (Å²) in [7, 11) is 0. The van der Waals surface area contributed by atoms with Gasteiger partial charge < -0.3 is 4.74 Å². The van der Waals surface area contributed by atoms with Crippen LogP contribution in [0.2, 0.25) is 0 Å². The van der Waals surface area contributed by atoms with Gasteiger partial charge in [-0.15, -0.1) is 0 Å². The minimum Gasteiger partial charge on any atom is -0.459 e. The smallest absolute Gasteiger partial charge is 0.320 e. The lowest BCUT2D eigenvalue weighted by atomic mass is 10.1. The number of aryl methyl sites for hydroxylation is 1. The molecule has 0 spiro atoms. The van der Waals surface area contributed by atoms with Gasteiger partial charge in [-0.25, -0.2) is 0 Å². The Morgan fingerprint density at radius 3 is 2.62 bits per heavy atom. The van der Waals surface area contributed by atoms with Crippen LogP contribution >= 0.6 is 0 Å². The van der Waals surface area contributed by atoms with Gasteiger partial charge in [-0.3, -0.25) is 9.69 Å². The van der Waals surface area contributed by atoms with Crippen molar-refractivity contribution in [3.63, 3.8) is 0 Å². The molecule has 2 aliphatic rings. The van der Waals surface area contributed by atoms with Crippen molar-refractivity contribution in [1.82, 2.24) is 4.90 Å². The number of nitrogens with zero attached hydrogens (tertiary/aromatic N) is 1. The Labute approximate surface area is 127 Å². The molecule has 2 aliphatic carbocycles. The SMILES string of the molecule is CC(C)(C)OC(=O)CN(C1CC1)C1CCc2ccccc21. The summed E-state index contributed by atoms with van der Waals surface area (Å²) in [4.78, 5) is 14.6. The van der Waals surface area contributed by atoms with E-state index in [1.165, 1.54) is 24.0 Å². The van der Waals surface area contributed by atoms with Gasteiger partial charge in [0.05, 0.1) is 6.54 Å². The molecule has 1 aromatic rings. The minimum absolute atomic E-state index is 0.0984. The summed E-state index contributed by atoms with van der Waals surface area (Å²) < 4.78 is 5.51. The van der Waals surface area contributed by atoms with E-state index in [1.807, 2.05) is 20.8 Å². The van der Waals surface area contributed by atoms with Crippen molar-refractivity contribution in [2.45, 2.75) is 64.1 Å². The molecular weight excluding hydrogens is 262 g/mol. The molecule has 21 heavy (non-hydrogen) atoms. The lowest BCUT2D eigenvalue weighted by Crippen LogP contribution is -2.38. The van der Waals surface area contributed by atoms with Crippen LogP contribution in [0.1, 0.15) is 57.2 Å². The van der Waals surface area contributed by atoms with Crippen molar-refractivity contribution in [2.24, 2.45) is 0 Å². The fourth-order valence-corrected chi connectivity index (χ4v) is 3.30. The first kappa shape index (κ1) is 14.6. The first-order chi connectivity index (χ1) is 9.94. The van der Waals surface area contributed by atoms with Crippen molar-refractivity contribution in [3.05, 3.63) is 35.4 Å². The van der Waals surface area contributed by atoms with Crippen LogP contribution in [0.25, 0.3) is 0 Å². The molecule has 0 N–H and O–H groups in total. The molecule has 1 aromatic carbocycles. The quantitative estimate of drug-likeness (QED) is 0.794. The Morgan fingerprint density at radius 2 is 1.95 bits per heavy atom. The first-order valence-corrected chi connectivity index (χ1v) is 7.99. The van der Waals surface area contributed by atoms with Crippen molar-refractivity contribution >= 4 is 5.97 Å². The molecule has 1 saturated carbocycles. The van der Waals surface area contributed by atoms with E-state index in [4.69, 9.17) is 4.74 Å². The molecule has 0 radical (unpaired) electrons. The first-order valence-electron chi connectivity index (χ1n) is 7.99. The lowest BCUT2D eigenvalue weighted by Gasteiger charge is -2.30. The second-order valence-corrected chi connectivity index (χ2v) is 7.24. The highest BCUT2D eigenvalue weighted by atomic mass is 16.6. The van der Waals surface area contributed by atoms with Crippen molar-refractivity contribution < 1.29 is 9.53 Å². The maximum atomic E-state index is 12.2. The van der Waals surface area contributed by atoms with E-state index in [9.17, 15) is 4.79 Å². The van der Waals surface area contributed by atoms with E-state index in [1.54, 1.807) is 0 Å². The van der Waals surface area contributed by atoms with E-state index < -0.39 is 5.60 Å². The number of ether oxygens (including phenoxy) is 1. The molecule has 3 rings (SSSR count). The van der Waals surface area contributed by atoms with Gasteiger partial charge in [0.1, 0.15) is 5.60 Å². The van der Waals surface area contributed by atoms with Gasteiger partial charge in [0.2, 0.25) is 0 Å². The summed E-state index contributed by atoms with van der Waals surface area (Å²) in [6.07, 6.45) is 4.67. The normalized spacial score (nSPS) is 21.4. The molecule has 0 amide bonds. The number of fused-ring (bicyclic) bond motifs is 1. The predicted octanol–water partition coefficient (Wildman–Crippen LogP) is 3.48. The standard InChI is InChI=1S/C18H25NO2/c1-18(2,3)21-17(20)12-19(14-9-10-14)16-11-8-13-6-4-5-7-15(13)16/h4-7,14,16H,8-12H2,1-3H3. The van der Waals surface area contributed by atoms with Gasteiger partial charge in [0.15, 0.2) is 0 Å². The maximum absolute atomic E-state index is 12.2. The van der Waals surface area contributed by atoms with E-state index >= 15 is 0 Å². The van der Waals surface area contributed by atoms with Crippen LogP contribution in [0, 0.1) is 0 Å². The van der Waals surface area contributed by atoms with Gasteiger partial charge in [0, 0.05) is 12.1 Å². The average Bonchev–Trinajstić information content (AvgIpc) is 3.14. The summed E-state index contributed by atoms with van der Waals surface area (Å²) in [6.45, 7) is 6.20. The highest BCUT2D eigenvalue weighted by Crippen LogP contribution is 2.41. The van der Waals surface area contributed by atoms with Gasteiger partial charge in [0.25, 0.3) is 0 Å². The summed E-state index contributed by atoms with van der Waals surface area (Å²) in [5.41, 5.74) is 2.45. The van der Waals surface area contributed by atoms with Crippen LogP contribution in [0.5, 0.6) is 0 Å². The van der Waals surface area contributed by atoms with Crippen LogP contribution < -0.4 is 0 Å². The van der Waals surface area contributed by atoms with Crippen molar-refractivity contribution in [1.29, 1.82) is 0 Å². The summed E-state index contributed by atoms with van der Waals surface area (Å²) in [5, 5.41) is 0. The van der Waals surface area contributed by atoms with Gasteiger partial charge >= 0.3 is 5.97 Å². The summed E-state index contributed by atoms with van der Waals surface area (Å²) in [6, 6.07) is 9.60. The van der Waals surface area contributed by atoms with Crippen molar-refractivity contribution in [2.75, 3.05) is 6.54 Å². The highest BCUT2D eigenvalue weighted by Gasteiger charge is 2.38. The zero-order valence-corrected chi connectivity index (χ0v) is 13.3. The second kappa shape index (κ2) is 5.45. The molecule has 0 bridgehead atoms. The molecule has 0 aromatic heterocycles. The lowest BCUT2D eigenvalue weighted by molar-refractivity contribution is -0.157. The average molecular weight is 287 g/mol. The molecule has 114 valence electrons. The Balaban J connectivity index is 1.73. The zero-order valence-electron chi connectivity index (χ0n) is 13.3. The number of benzene rings is 1. The van der Waals surface area contributed by atoms with Crippen molar-refractivity contribution in [3.8, 4) is 0 Å². The Bertz CT molecular complexity index is 528. The van der Waals surface area contributed by atoms with Crippen LogP contribution in [0.3, 0.4) is 0 Å². The molecule has 0 aliphatic heterocycles. The summed E-state index contributed by atoms with van der Waals surface area (Å²) >= 11 is 0. The van der Waals surface area contributed by atoms with Gasteiger partial charge in [-0.1, -0.05) is 24.3 Å². The Kier molecular flexibility index (Phi) is 3.78. The van der Waals surface area contributed by atoms with Crippen LogP contribution in [0.4, 0.5) is 0 Å². The predicted molar refractivity (Wildman–Crippen MR) is 83.1 cm³/mol. The molecule has 1 fully saturated rings. The number of hydrogen-bond donors (Lipinski definition) is 0. The number of hydrogen-bond acceptors (Lipinski definition) is 3. The number of carbonyl (C=O) groups is 1. The topological polar surface area (TPSA) is 29.5 Å². The van der Waals surface area contributed by atoms with E-state index in [2.05, 4.69) is 29.2 Å². The fourth-order valence-electron chi connectivity index (χ4n) is 3.30. The van der Waals surface area contributed by atoms with Gasteiger partial charge in [-0.05, 0) is 57.6 Å². The van der Waals surface area contributed by atoms with E-state index in [0.717, 1.165) is 12.8 Å². The van der Waals surface area contributed by atoms with E-state index in [0.29, 0.717) is 18.6 Å². The number of esters is 1. The molecule has 1 atom stereocenters. The molecule has 0 saturated heterocycles. The molecule has 3 nitrogen and oxygen atoms in total. The van der Waals surface area contributed by atoms with Crippen LogP contribution in [0.15, 0.2) is 24.3 Å². The molecular formula is C18H25NO2. The Morgan fingerprint density at radius 1 is 1.24 bits per heavy atom. The third-order valence-electron chi connectivity index (χ3n) is 4.25. The van der Waals surface area contributed by atoms with Crippen LogP contribution in [-0.4, -0.2) is 29.1 Å². The van der Waals surface area contributed by atoms with Gasteiger partial charge in [-0.2, -0.15) is 0 Å². The third-order valence-corrected chi connectivity index (χ3v) is 4.25. The third kappa shape index (κ3) is 3.46. The minimum atomic E-state index is -0.403. The molecule has 0 heterocycles. The summed E-state index contributed by atoms with van der Waals surface area (Å²) in [5.74, 6) is -0.0984. The number of carbonyl (C=O) groups excluding carboxylic acids is 1. The fraction of sp³-hybridized carbons (Fsp3) is 0.611. The second-order valence-electron chi connectivity index (χ2n) is 7.24. The number of rotatable bonds is 4. The van der Waals surface area contributed by atoms with Crippen LogP contribution in [-0.2, 0) is 16.0 Å². The molecule has 1 unspecified atom stereocenters. The highest BCUT2D eigenvalue weighted by molar-refractivity contribution is 5.72. The Hall–Kier alpha value is -1.35. The molecule has 3 heteroatoms. The maximum Gasteiger partial charge on any atom is 0.320 e. The van der Waals surface area contributed by atoms with E-state index in [-0.39, 0.29) is 5.97 Å². The monoisotopic (exact) mass is 287 g/mol.